The Hall–Kier alpha value is -2.81. The first-order chi connectivity index (χ1) is 37.4. The van der Waals surface area contributed by atoms with Gasteiger partial charge in [-0.05, 0) is 102 Å². The number of rotatable bonds is 57. The lowest BCUT2D eigenvalue weighted by atomic mass is 10.0. The van der Waals surface area contributed by atoms with Gasteiger partial charge < -0.3 is 19.4 Å². The number of esters is 1. The number of hydrogen-bond acceptors (Lipinski definition) is 6. The molecule has 0 bridgehead atoms. The van der Waals surface area contributed by atoms with E-state index in [0.717, 1.165) is 116 Å². The van der Waals surface area contributed by atoms with Gasteiger partial charge in [0.05, 0.1) is 33.8 Å². The summed E-state index contributed by atoms with van der Waals surface area (Å²) in [5.74, 6) is -0.530. The number of nitrogens with one attached hydrogen (secondary N) is 1. The van der Waals surface area contributed by atoms with Gasteiger partial charge in [0, 0.05) is 12.8 Å². The van der Waals surface area contributed by atoms with Gasteiger partial charge in [-0.1, -0.05) is 247 Å². The number of quaternary nitrogens is 1. The van der Waals surface area contributed by atoms with Crippen LogP contribution < -0.4 is 5.32 Å². The second-order valence-electron chi connectivity index (χ2n) is 22.5. The quantitative estimate of drug-likeness (QED) is 0.0205. The van der Waals surface area contributed by atoms with Crippen molar-refractivity contribution in [2.45, 2.75) is 290 Å². The predicted molar refractivity (Wildman–Crippen MR) is 332 cm³/mol. The zero-order valence-corrected chi connectivity index (χ0v) is 51.8. The van der Waals surface area contributed by atoms with Gasteiger partial charge in [0.15, 0.2) is 0 Å². The van der Waals surface area contributed by atoms with E-state index in [1.807, 2.05) is 33.3 Å². The van der Waals surface area contributed by atoms with Gasteiger partial charge in [-0.25, -0.2) is 4.57 Å². The molecular weight excluding hydrogens is 976 g/mol. The summed E-state index contributed by atoms with van der Waals surface area (Å²) in [6.45, 7) is 6.89. The molecule has 0 aliphatic heterocycles. The molecule has 1 amide bonds. The van der Waals surface area contributed by atoms with Crippen LogP contribution in [-0.4, -0.2) is 74.3 Å². The SMILES string of the molecule is CC/C=C\C/C=C\C/C=C\C/C=C\C/C=C\CCCCCCCC(=O)OC(/C=C/CCCCCCCCCCCCC)C(COP(=O)(O)OCC[N+](C)(C)C)NC(=O)CCCCCCCCC/C=C/CCCCCCCC. The number of phosphoric acid groups is 1. The summed E-state index contributed by atoms with van der Waals surface area (Å²) in [6, 6.07) is -0.863. The monoisotopic (exact) mass is 1100 g/mol. The van der Waals surface area contributed by atoms with Gasteiger partial charge in [0.1, 0.15) is 19.3 Å². The first kappa shape index (κ1) is 74.2. The molecule has 0 saturated heterocycles. The van der Waals surface area contributed by atoms with Crippen molar-refractivity contribution in [3.63, 3.8) is 0 Å². The van der Waals surface area contributed by atoms with E-state index < -0.39 is 20.0 Å². The third kappa shape index (κ3) is 57.7. The van der Waals surface area contributed by atoms with Gasteiger partial charge in [-0.15, -0.1) is 0 Å². The molecule has 3 unspecified atom stereocenters. The number of allylic oxidation sites excluding steroid dienone is 13. The Morgan fingerprint density at radius 1 is 0.468 bits per heavy atom. The van der Waals surface area contributed by atoms with Crippen LogP contribution in [-0.2, 0) is 27.9 Å². The number of hydrogen-bond donors (Lipinski definition) is 2. The van der Waals surface area contributed by atoms with Crippen LogP contribution in [0.25, 0.3) is 0 Å². The second-order valence-corrected chi connectivity index (χ2v) is 24.0. The fourth-order valence-electron chi connectivity index (χ4n) is 8.90. The Bertz CT molecular complexity index is 1590. The lowest BCUT2D eigenvalue weighted by molar-refractivity contribution is -0.870. The Kier molecular flexibility index (Phi) is 54.4. The smallest absolute Gasteiger partial charge is 0.456 e. The number of ether oxygens (including phenoxy) is 1. The molecule has 9 nitrogen and oxygen atoms in total. The van der Waals surface area contributed by atoms with Gasteiger partial charge >= 0.3 is 13.8 Å². The number of phosphoric ester groups is 1. The van der Waals surface area contributed by atoms with Crippen molar-refractivity contribution in [1.29, 1.82) is 0 Å². The van der Waals surface area contributed by atoms with Crippen LogP contribution in [0.2, 0.25) is 0 Å². The molecule has 10 heteroatoms. The van der Waals surface area contributed by atoms with Crippen LogP contribution >= 0.6 is 7.82 Å². The summed E-state index contributed by atoms with van der Waals surface area (Å²) in [7, 11) is 1.48. The van der Waals surface area contributed by atoms with Crippen molar-refractivity contribution < 1.29 is 37.3 Å². The topological polar surface area (TPSA) is 111 Å². The van der Waals surface area contributed by atoms with Crippen LogP contribution in [0, 0.1) is 0 Å². The van der Waals surface area contributed by atoms with E-state index >= 15 is 0 Å². The normalized spacial score (nSPS) is 14.2. The molecule has 3 atom stereocenters. The highest BCUT2D eigenvalue weighted by atomic mass is 31.2. The molecule has 77 heavy (non-hydrogen) atoms. The van der Waals surface area contributed by atoms with Gasteiger partial charge in [-0.2, -0.15) is 0 Å². The van der Waals surface area contributed by atoms with E-state index in [9.17, 15) is 19.0 Å². The summed E-state index contributed by atoms with van der Waals surface area (Å²) in [5.41, 5.74) is 0. The molecule has 0 rings (SSSR count). The van der Waals surface area contributed by atoms with Crippen molar-refractivity contribution >= 4 is 19.7 Å². The Labute approximate surface area is 476 Å². The lowest BCUT2D eigenvalue weighted by Crippen LogP contribution is -2.47. The van der Waals surface area contributed by atoms with Crippen LogP contribution in [0.4, 0.5) is 0 Å². The number of carbonyl (C=O) groups excluding carboxylic acids is 2. The predicted octanol–water partition coefficient (Wildman–Crippen LogP) is 19.8. The molecule has 446 valence electrons. The van der Waals surface area contributed by atoms with Crippen LogP contribution in [0.15, 0.2) is 85.1 Å². The van der Waals surface area contributed by atoms with Gasteiger partial charge in [-0.3, -0.25) is 18.6 Å². The molecule has 0 aromatic rings. The first-order valence-corrected chi connectivity index (χ1v) is 33.4. The molecule has 0 heterocycles. The van der Waals surface area contributed by atoms with Crippen molar-refractivity contribution in [3.8, 4) is 0 Å². The molecule has 0 aromatic carbocycles. The van der Waals surface area contributed by atoms with E-state index in [4.69, 9.17) is 13.8 Å². The highest BCUT2D eigenvalue weighted by molar-refractivity contribution is 7.47. The van der Waals surface area contributed by atoms with Crippen LogP contribution in [0.5, 0.6) is 0 Å². The van der Waals surface area contributed by atoms with Gasteiger partial charge in [0.25, 0.3) is 0 Å². The second kappa shape index (κ2) is 56.5. The molecule has 0 spiro atoms. The molecule has 0 radical (unpaired) electrons. The summed E-state index contributed by atoms with van der Waals surface area (Å²) >= 11 is 0. The highest BCUT2D eigenvalue weighted by Gasteiger charge is 2.30. The average molecular weight is 1100 g/mol. The maximum atomic E-state index is 13.6. The third-order valence-electron chi connectivity index (χ3n) is 13.8. The van der Waals surface area contributed by atoms with E-state index in [2.05, 4.69) is 99.0 Å². The largest absolute Gasteiger partial charge is 0.472 e. The summed E-state index contributed by atoms with van der Waals surface area (Å²) in [5, 5.41) is 3.05. The Morgan fingerprint density at radius 3 is 1.26 bits per heavy atom. The minimum atomic E-state index is -4.46. The average Bonchev–Trinajstić information content (AvgIpc) is 3.39. The third-order valence-corrected chi connectivity index (χ3v) is 14.8. The van der Waals surface area contributed by atoms with E-state index in [1.54, 1.807) is 0 Å². The molecule has 0 aromatic heterocycles. The summed E-state index contributed by atoms with van der Waals surface area (Å²) in [6.07, 6.45) is 74.3. The van der Waals surface area contributed by atoms with Crippen LogP contribution in [0.3, 0.4) is 0 Å². The van der Waals surface area contributed by atoms with Crippen molar-refractivity contribution in [3.05, 3.63) is 85.1 Å². The number of nitrogens with zero attached hydrogens (tertiary/aromatic N) is 1. The molecule has 0 aliphatic rings. The zero-order valence-electron chi connectivity index (χ0n) is 50.9. The minimum absolute atomic E-state index is 0.0331. The Balaban J connectivity index is 5.31. The number of amides is 1. The molecule has 0 fully saturated rings. The number of carbonyl (C=O) groups is 2. The molecule has 0 saturated carbocycles. The van der Waals surface area contributed by atoms with Gasteiger partial charge in [0.2, 0.25) is 5.91 Å². The number of unbranched alkanes of at least 4 members (excludes halogenated alkanes) is 29. The van der Waals surface area contributed by atoms with Crippen molar-refractivity contribution in [1.82, 2.24) is 5.32 Å². The number of likely N-dealkylation sites (N-methyl/N-ethyl adjacent to an activating group) is 1. The molecular formula is C67H122N2O7P+. The Morgan fingerprint density at radius 2 is 0.831 bits per heavy atom. The van der Waals surface area contributed by atoms with E-state index in [-0.39, 0.29) is 31.5 Å². The molecule has 0 aliphatic carbocycles. The summed E-state index contributed by atoms with van der Waals surface area (Å²) in [4.78, 5) is 37.8. The fraction of sp³-hybridized carbons (Fsp3) is 0.761. The standard InChI is InChI=1S/C67H121N2O7P/c1-7-10-13-16-19-22-25-28-30-32-33-34-35-37-39-42-45-48-51-54-57-60-67(71)76-65(58-55-52-49-46-43-40-27-24-21-18-15-12-9-3)64(63-75-77(72,73)74-62-61-69(4,5)6)68-66(70)59-56-53-50-47-44-41-38-36-31-29-26-23-20-17-14-11-8-2/h10,13,19,22,28-31,33-34,37,39,55,58,64-65H,7-9,11-12,14-18,20-21,23-27,32,35-36,38,40-54,56-57,59-63H2,1-6H3,(H-,68,70,72,73)/p+1/b13-10-,22-19-,30-28-,31-29+,34-33-,39-37-,58-55+. The minimum Gasteiger partial charge on any atom is -0.456 e. The maximum Gasteiger partial charge on any atom is 0.472 e. The van der Waals surface area contributed by atoms with Crippen molar-refractivity contribution in [2.75, 3.05) is 40.9 Å². The maximum absolute atomic E-state index is 13.6. The van der Waals surface area contributed by atoms with Crippen molar-refractivity contribution in [2.24, 2.45) is 0 Å². The fourth-order valence-corrected chi connectivity index (χ4v) is 9.64. The summed E-state index contributed by atoms with van der Waals surface area (Å²) < 4.78 is 30.7. The van der Waals surface area contributed by atoms with Crippen LogP contribution in [0.1, 0.15) is 278 Å². The van der Waals surface area contributed by atoms with E-state index in [1.165, 1.54) is 122 Å². The van der Waals surface area contributed by atoms with E-state index in [0.29, 0.717) is 23.9 Å². The highest BCUT2D eigenvalue weighted by Crippen LogP contribution is 2.43. The zero-order chi connectivity index (χ0) is 56.4. The lowest BCUT2D eigenvalue weighted by Gasteiger charge is -2.27. The molecule has 2 N–H and O–H groups in total. The first-order valence-electron chi connectivity index (χ1n) is 31.9.